The fourth-order valence-corrected chi connectivity index (χ4v) is 5.82. The minimum Gasteiger partial charge on any atom is -0.379 e. The normalized spacial score (nSPS) is 21.0. The van der Waals surface area contributed by atoms with E-state index in [1.165, 1.54) is 23.0 Å². The van der Waals surface area contributed by atoms with Crippen molar-refractivity contribution in [3.8, 4) is 0 Å². The van der Waals surface area contributed by atoms with Crippen LogP contribution in [0.5, 0.6) is 0 Å². The molecule has 43 heavy (non-hydrogen) atoms. The third kappa shape index (κ3) is 7.77. The molecule has 1 aliphatic heterocycles. The maximum Gasteiger partial charge on any atom is 0.276 e. The van der Waals surface area contributed by atoms with E-state index in [0.29, 0.717) is 36.4 Å². The highest BCUT2D eigenvalue weighted by molar-refractivity contribution is 6.03. The predicted molar refractivity (Wildman–Crippen MR) is 161 cm³/mol. The zero-order valence-electron chi connectivity index (χ0n) is 24.4. The number of rotatable bonds is 12. The average molecular weight is 594 g/mol. The fourth-order valence-electron chi connectivity index (χ4n) is 5.82. The summed E-state index contributed by atoms with van der Waals surface area (Å²) < 4.78 is 21.0. The summed E-state index contributed by atoms with van der Waals surface area (Å²) >= 11 is 0. The molecule has 0 spiro atoms. The van der Waals surface area contributed by atoms with Crippen LogP contribution in [0.3, 0.4) is 0 Å². The first-order chi connectivity index (χ1) is 21.0. The largest absolute Gasteiger partial charge is 0.379 e. The highest BCUT2D eigenvalue weighted by atomic mass is 19.1. The number of amides is 2. The average Bonchev–Trinajstić information content (AvgIpc) is 3.73. The standard InChI is InChI=1S/C30H40FN9O3/c31-23-18-32-10-8-24(23)37-30(42)26-19-34-29-25(35-21-6-7-21)17-27(38-40(26)29)36-22-4-2-20(3-5-22)16-28(41)33-9-1-11-39-12-14-43-15-13-39/h8,10,17-22,35H,1-7,9,11-16H2,(H,33,41)(H,36,38)(H,32,37,42). The maximum atomic E-state index is 14.1. The number of aromatic nitrogens is 4. The number of pyridine rings is 1. The number of hydrogen-bond acceptors (Lipinski definition) is 9. The van der Waals surface area contributed by atoms with Crippen molar-refractivity contribution in [1.29, 1.82) is 0 Å². The van der Waals surface area contributed by atoms with E-state index in [4.69, 9.17) is 9.84 Å². The van der Waals surface area contributed by atoms with Gasteiger partial charge in [-0.05, 0) is 63.5 Å². The second-order valence-corrected chi connectivity index (χ2v) is 11.8. The van der Waals surface area contributed by atoms with Gasteiger partial charge in [-0.2, -0.15) is 0 Å². The zero-order valence-corrected chi connectivity index (χ0v) is 24.4. The van der Waals surface area contributed by atoms with Gasteiger partial charge in [-0.15, -0.1) is 5.10 Å². The van der Waals surface area contributed by atoms with Gasteiger partial charge in [0.1, 0.15) is 5.82 Å². The first kappa shape index (κ1) is 29.2. The molecule has 0 unspecified atom stereocenters. The van der Waals surface area contributed by atoms with Gasteiger partial charge >= 0.3 is 0 Å². The molecule has 0 bridgehead atoms. The molecule has 2 saturated carbocycles. The van der Waals surface area contributed by atoms with Crippen molar-refractivity contribution >= 4 is 34.7 Å². The van der Waals surface area contributed by atoms with Crippen LogP contribution in [0.2, 0.25) is 0 Å². The number of morpholine rings is 1. The molecule has 13 heteroatoms. The summed E-state index contributed by atoms with van der Waals surface area (Å²) in [5.74, 6) is 0.0166. The summed E-state index contributed by atoms with van der Waals surface area (Å²) in [5, 5.41) is 17.5. The van der Waals surface area contributed by atoms with Crippen molar-refractivity contribution in [3.05, 3.63) is 42.2 Å². The van der Waals surface area contributed by atoms with Gasteiger partial charge in [0.25, 0.3) is 5.91 Å². The minimum absolute atomic E-state index is 0.0407. The lowest BCUT2D eigenvalue weighted by Gasteiger charge is -2.29. The number of nitrogens with one attached hydrogen (secondary N) is 4. The molecule has 3 aliphatic rings. The molecule has 4 N–H and O–H groups in total. The Labute approximate surface area is 250 Å². The number of carbonyl (C=O) groups is 2. The van der Waals surface area contributed by atoms with Crippen LogP contribution in [0.4, 0.5) is 21.6 Å². The monoisotopic (exact) mass is 593 g/mol. The van der Waals surface area contributed by atoms with Crippen molar-refractivity contribution in [3.63, 3.8) is 0 Å². The van der Waals surface area contributed by atoms with Crippen molar-refractivity contribution in [2.45, 2.75) is 63.5 Å². The Kier molecular flexibility index (Phi) is 9.27. The van der Waals surface area contributed by atoms with Crippen molar-refractivity contribution in [2.75, 3.05) is 55.3 Å². The van der Waals surface area contributed by atoms with Crippen molar-refractivity contribution in [1.82, 2.24) is 29.8 Å². The molecule has 3 aromatic heterocycles. The number of halogens is 1. The van der Waals surface area contributed by atoms with Gasteiger partial charge in [0.15, 0.2) is 17.2 Å². The fraction of sp³-hybridized carbons (Fsp3) is 0.567. The molecule has 6 rings (SSSR count). The molecule has 4 heterocycles. The smallest absolute Gasteiger partial charge is 0.276 e. The molecule has 12 nitrogen and oxygen atoms in total. The Bertz CT molecular complexity index is 1420. The van der Waals surface area contributed by atoms with Crippen LogP contribution in [0, 0.1) is 11.7 Å². The van der Waals surface area contributed by atoms with Crippen molar-refractivity contribution < 1.29 is 18.7 Å². The lowest BCUT2D eigenvalue weighted by atomic mass is 9.84. The highest BCUT2D eigenvalue weighted by Gasteiger charge is 2.27. The zero-order chi connectivity index (χ0) is 29.6. The quantitative estimate of drug-likeness (QED) is 0.233. The second-order valence-electron chi connectivity index (χ2n) is 11.8. The lowest BCUT2D eigenvalue weighted by molar-refractivity contribution is -0.122. The van der Waals surface area contributed by atoms with Gasteiger partial charge in [-0.1, -0.05) is 0 Å². The number of imidazole rings is 1. The van der Waals surface area contributed by atoms with Gasteiger partial charge in [0, 0.05) is 50.4 Å². The first-order valence-corrected chi connectivity index (χ1v) is 15.4. The predicted octanol–water partition coefficient (Wildman–Crippen LogP) is 3.29. The van der Waals surface area contributed by atoms with Crippen LogP contribution < -0.4 is 21.3 Å². The van der Waals surface area contributed by atoms with Crippen LogP contribution in [-0.2, 0) is 9.53 Å². The molecule has 1 saturated heterocycles. The molecule has 2 amide bonds. The Hall–Kier alpha value is -3.84. The number of nitrogens with zero attached hydrogens (tertiary/aromatic N) is 5. The van der Waals surface area contributed by atoms with Crippen LogP contribution in [0.25, 0.3) is 5.65 Å². The Morgan fingerprint density at radius 3 is 2.53 bits per heavy atom. The van der Waals surface area contributed by atoms with Gasteiger partial charge in [-0.25, -0.2) is 13.9 Å². The molecule has 3 fully saturated rings. The van der Waals surface area contributed by atoms with E-state index >= 15 is 0 Å². The number of hydrogen-bond donors (Lipinski definition) is 4. The first-order valence-electron chi connectivity index (χ1n) is 15.4. The number of carbonyl (C=O) groups excluding carboxylic acids is 2. The summed E-state index contributed by atoms with van der Waals surface area (Å²) in [7, 11) is 0. The molecule has 230 valence electrons. The number of fused-ring (bicyclic) bond motifs is 1. The summed E-state index contributed by atoms with van der Waals surface area (Å²) in [4.78, 5) is 36.2. The SMILES string of the molecule is O=C(CC1CCC(Nc2cc(NC3CC3)c3ncc(C(=O)Nc4ccncc4F)n3n2)CC1)NCCCN1CCOCC1. The lowest BCUT2D eigenvalue weighted by Crippen LogP contribution is -2.38. The van der Waals surface area contributed by atoms with Crippen molar-refractivity contribution in [2.24, 2.45) is 5.92 Å². The molecule has 0 radical (unpaired) electrons. The maximum absolute atomic E-state index is 14.1. The van der Waals surface area contributed by atoms with Crippen LogP contribution >= 0.6 is 0 Å². The van der Waals surface area contributed by atoms with E-state index in [0.717, 1.165) is 89.7 Å². The van der Waals surface area contributed by atoms with Gasteiger partial charge in [0.05, 0.1) is 37.0 Å². The Balaban J connectivity index is 1.03. The van der Waals surface area contributed by atoms with E-state index in [-0.39, 0.29) is 23.3 Å². The van der Waals surface area contributed by atoms with E-state index in [2.05, 4.69) is 36.1 Å². The summed E-state index contributed by atoms with van der Waals surface area (Å²) in [6, 6.07) is 3.93. The molecule has 2 aliphatic carbocycles. The van der Waals surface area contributed by atoms with E-state index in [1.807, 2.05) is 6.07 Å². The van der Waals surface area contributed by atoms with Crippen LogP contribution in [-0.4, -0.2) is 87.8 Å². The third-order valence-corrected chi connectivity index (χ3v) is 8.41. The molecular weight excluding hydrogens is 553 g/mol. The summed E-state index contributed by atoms with van der Waals surface area (Å²) in [6.45, 7) is 5.24. The minimum atomic E-state index is -0.618. The topological polar surface area (TPSA) is 138 Å². The van der Waals surface area contributed by atoms with Crippen LogP contribution in [0.1, 0.15) is 61.9 Å². The summed E-state index contributed by atoms with van der Waals surface area (Å²) in [6.07, 6.45) is 11.4. The Morgan fingerprint density at radius 1 is 1.00 bits per heavy atom. The summed E-state index contributed by atoms with van der Waals surface area (Å²) in [5.41, 5.74) is 1.58. The Morgan fingerprint density at radius 2 is 1.77 bits per heavy atom. The van der Waals surface area contributed by atoms with Gasteiger partial charge in [-0.3, -0.25) is 19.5 Å². The second kappa shape index (κ2) is 13.6. The van der Waals surface area contributed by atoms with Crippen LogP contribution in [0.15, 0.2) is 30.7 Å². The molecule has 3 aromatic rings. The van der Waals surface area contributed by atoms with E-state index in [9.17, 15) is 14.0 Å². The third-order valence-electron chi connectivity index (χ3n) is 8.41. The van der Waals surface area contributed by atoms with E-state index in [1.54, 1.807) is 0 Å². The van der Waals surface area contributed by atoms with Gasteiger partial charge < -0.3 is 26.0 Å². The molecular formula is C30H40FN9O3. The molecule has 0 aromatic carbocycles. The highest BCUT2D eigenvalue weighted by Crippen LogP contribution is 2.31. The number of ether oxygens (including phenoxy) is 1. The van der Waals surface area contributed by atoms with E-state index < -0.39 is 11.7 Å². The molecule has 0 atom stereocenters. The number of anilines is 3. The van der Waals surface area contributed by atoms with Gasteiger partial charge in [0.2, 0.25) is 5.91 Å².